The minimum absolute atomic E-state index is 0.362. The van der Waals surface area contributed by atoms with Gasteiger partial charge in [0.05, 0.1) is 0 Å². The van der Waals surface area contributed by atoms with Crippen molar-refractivity contribution in [3.63, 3.8) is 0 Å². The summed E-state index contributed by atoms with van der Waals surface area (Å²) in [5.74, 6) is 0.568. The molecule has 0 bridgehead atoms. The molecule has 1 aliphatic rings. The molecule has 1 aliphatic carbocycles. The molecule has 1 atom stereocenters. The van der Waals surface area contributed by atoms with Gasteiger partial charge in [-0.05, 0) is 25.2 Å². The van der Waals surface area contributed by atoms with Gasteiger partial charge in [0.2, 0.25) is 0 Å². The second kappa shape index (κ2) is 4.16. The van der Waals surface area contributed by atoms with Crippen molar-refractivity contribution in [1.82, 2.24) is 0 Å². The molecule has 0 fully saturated rings. The molecule has 78 valence electrons. The number of hydrogen-bond donors (Lipinski definition) is 0. The van der Waals surface area contributed by atoms with Crippen LogP contribution < -0.4 is 0 Å². The topological polar surface area (TPSA) is 0 Å². The molecule has 0 saturated carbocycles. The Bertz CT molecular complexity index is 271. The van der Waals surface area contributed by atoms with Crippen molar-refractivity contribution in [2.75, 3.05) is 0 Å². The Hall–Kier alpha value is -0.780. The van der Waals surface area contributed by atoms with E-state index in [1.165, 1.54) is 11.1 Å². The highest BCUT2D eigenvalue weighted by molar-refractivity contribution is 5.26. The molecule has 0 nitrogen and oxygen atoms in total. The summed E-state index contributed by atoms with van der Waals surface area (Å²) in [4.78, 5) is 0. The first kappa shape index (κ1) is 11.3. The van der Waals surface area contributed by atoms with Crippen LogP contribution in [0.15, 0.2) is 36.0 Å². The molecule has 0 aliphatic heterocycles. The maximum absolute atomic E-state index is 4.21. The van der Waals surface area contributed by atoms with Crippen LogP contribution >= 0.6 is 0 Å². The Kier molecular flexibility index (Phi) is 3.36. The van der Waals surface area contributed by atoms with Gasteiger partial charge in [-0.3, -0.25) is 0 Å². The highest BCUT2D eigenvalue weighted by Gasteiger charge is 2.17. The summed E-state index contributed by atoms with van der Waals surface area (Å²) in [6.45, 7) is 13.2. The van der Waals surface area contributed by atoms with Crippen LogP contribution in [0.4, 0.5) is 0 Å². The van der Waals surface area contributed by atoms with E-state index in [0.717, 1.165) is 12.8 Å². The van der Waals surface area contributed by atoms with Gasteiger partial charge in [-0.25, -0.2) is 0 Å². The summed E-state index contributed by atoms with van der Waals surface area (Å²) < 4.78 is 0. The van der Waals surface area contributed by atoms with Gasteiger partial charge in [-0.2, -0.15) is 0 Å². The molecule has 0 aromatic carbocycles. The first-order valence-electron chi connectivity index (χ1n) is 5.41. The molecular weight excluding hydrogens is 168 g/mol. The van der Waals surface area contributed by atoms with Crippen LogP contribution in [0.5, 0.6) is 0 Å². The zero-order valence-electron chi connectivity index (χ0n) is 9.93. The molecule has 0 saturated heterocycles. The van der Waals surface area contributed by atoms with Gasteiger partial charge in [0.15, 0.2) is 0 Å². The van der Waals surface area contributed by atoms with Crippen LogP contribution in [0.25, 0.3) is 0 Å². The van der Waals surface area contributed by atoms with Crippen LogP contribution in [0.3, 0.4) is 0 Å². The molecular formula is C14H22. The van der Waals surface area contributed by atoms with Crippen LogP contribution in [-0.2, 0) is 0 Å². The summed E-state index contributed by atoms with van der Waals surface area (Å²) in [5.41, 5.74) is 3.11. The zero-order valence-corrected chi connectivity index (χ0v) is 9.93. The summed E-state index contributed by atoms with van der Waals surface area (Å²) >= 11 is 0. The molecule has 0 radical (unpaired) electrons. The Morgan fingerprint density at radius 3 is 2.57 bits per heavy atom. The van der Waals surface area contributed by atoms with E-state index in [-0.39, 0.29) is 0 Å². The van der Waals surface area contributed by atoms with E-state index in [1.54, 1.807) is 0 Å². The maximum Gasteiger partial charge on any atom is 0.00122 e. The van der Waals surface area contributed by atoms with Crippen LogP contribution in [0, 0.1) is 11.3 Å². The summed E-state index contributed by atoms with van der Waals surface area (Å²) in [7, 11) is 0. The van der Waals surface area contributed by atoms with Crippen molar-refractivity contribution in [2.24, 2.45) is 11.3 Å². The third kappa shape index (κ3) is 3.53. The number of rotatable bonds is 2. The fraction of sp³-hybridized carbons (Fsp3) is 0.571. The molecule has 0 N–H and O–H groups in total. The van der Waals surface area contributed by atoms with E-state index in [1.807, 2.05) is 0 Å². The van der Waals surface area contributed by atoms with Gasteiger partial charge in [0.25, 0.3) is 0 Å². The molecule has 14 heavy (non-hydrogen) atoms. The Morgan fingerprint density at radius 2 is 2.14 bits per heavy atom. The minimum atomic E-state index is 0.362. The average molecular weight is 190 g/mol. The first-order chi connectivity index (χ1) is 6.38. The smallest absolute Gasteiger partial charge is 0.00122 e. The van der Waals surface area contributed by atoms with E-state index in [9.17, 15) is 0 Å². The molecule has 0 amide bonds. The summed E-state index contributed by atoms with van der Waals surface area (Å²) in [6, 6.07) is 0. The van der Waals surface area contributed by atoms with Crippen LogP contribution in [0.1, 0.15) is 40.5 Å². The largest absolute Gasteiger partial charge is 0.0992 e. The third-order valence-electron chi connectivity index (χ3n) is 2.57. The molecule has 0 spiro atoms. The molecule has 1 rings (SSSR count). The monoisotopic (exact) mass is 190 g/mol. The Morgan fingerprint density at radius 1 is 1.50 bits per heavy atom. The van der Waals surface area contributed by atoms with Gasteiger partial charge in [0.1, 0.15) is 0 Å². The number of allylic oxidation sites excluding steroid dienone is 5. The molecule has 0 aromatic rings. The summed E-state index contributed by atoms with van der Waals surface area (Å²) in [5, 5.41) is 0. The Balaban J connectivity index is 2.53. The van der Waals surface area contributed by atoms with E-state index in [0.29, 0.717) is 11.3 Å². The van der Waals surface area contributed by atoms with Crippen molar-refractivity contribution >= 4 is 0 Å². The predicted octanol–water partition coefficient (Wildman–Crippen LogP) is 4.50. The lowest BCUT2D eigenvalue weighted by Crippen LogP contribution is -2.11. The van der Waals surface area contributed by atoms with Gasteiger partial charge in [-0.15, -0.1) is 0 Å². The van der Waals surface area contributed by atoms with Crippen molar-refractivity contribution in [3.05, 3.63) is 36.0 Å². The van der Waals surface area contributed by atoms with Crippen molar-refractivity contribution in [2.45, 2.75) is 40.5 Å². The third-order valence-corrected chi connectivity index (χ3v) is 2.57. The molecule has 1 unspecified atom stereocenters. The quantitative estimate of drug-likeness (QED) is 0.562. The first-order valence-corrected chi connectivity index (χ1v) is 5.41. The zero-order chi connectivity index (χ0) is 10.8. The molecule has 0 heteroatoms. The fourth-order valence-electron chi connectivity index (χ4n) is 1.84. The number of hydrogen-bond acceptors (Lipinski definition) is 0. The minimum Gasteiger partial charge on any atom is -0.0992 e. The lowest BCUT2D eigenvalue weighted by molar-refractivity contribution is 0.396. The van der Waals surface area contributed by atoms with E-state index in [2.05, 4.69) is 52.5 Å². The van der Waals surface area contributed by atoms with E-state index in [4.69, 9.17) is 0 Å². The van der Waals surface area contributed by atoms with Gasteiger partial charge in [-0.1, -0.05) is 56.7 Å². The van der Waals surface area contributed by atoms with Crippen molar-refractivity contribution in [1.29, 1.82) is 0 Å². The normalized spacial score (nSPS) is 22.0. The summed E-state index contributed by atoms with van der Waals surface area (Å²) in [6.07, 6.45) is 9.07. The molecule has 0 heterocycles. The van der Waals surface area contributed by atoms with Gasteiger partial charge < -0.3 is 0 Å². The average Bonchev–Trinajstić information content (AvgIpc) is 2.02. The second-order valence-electron chi connectivity index (χ2n) is 5.55. The highest BCUT2D eigenvalue weighted by atomic mass is 14.2. The van der Waals surface area contributed by atoms with E-state index < -0.39 is 0 Å². The van der Waals surface area contributed by atoms with E-state index >= 15 is 0 Å². The molecule has 0 aromatic heterocycles. The Labute approximate surface area is 88.4 Å². The SMILES string of the molecule is C=C(CC(C)(C)C)C1C=CC(C)=CC1. The standard InChI is InChI=1S/C14H22/c1-11-6-8-13(9-7-11)12(2)10-14(3,4)5/h6-8,13H,2,9-10H2,1,3-5H3. The predicted molar refractivity (Wildman–Crippen MR) is 64.2 cm³/mol. The van der Waals surface area contributed by atoms with Crippen molar-refractivity contribution in [3.8, 4) is 0 Å². The lowest BCUT2D eigenvalue weighted by atomic mass is 9.81. The second-order valence-corrected chi connectivity index (χ2v) is 5.55. The maximum atomic E-state index is 4.21. The van der Waals surface area contributed by atoms with Crippen LogP contribution in [-0.4, -0.2) is 0 Å². The lowest BCUT2D eigenvalue weighted by Gasteiger charge is -2.24. The van der Waals surface area contributed by atoms with Crippen LogP contribution in [0.2, 0.25) is 0 Å². The van der Waals surface area contributed by atoms with Crippen molar-refractivity contribution < 1.29 is 0 Å². The highest BCUT2D eigenvalue weighted by Crippen LogP contribution is 2.31. The van der Waals surface area contributed by atoms with Gasteiger partial charge >= 0.3 is 0 Å². The fourth-order valence-corrected chi connectivity index (χ4v) is 1.84. The van der Waals surface area contributed by atoms with Gasteiger partial charge in [0, 0.05) is 5.92 Å².